The Morgan fingerprint density at radius 3 is 2.22 bits per heavy atom. The van der Waals surface area contributed by atoms with Crippen molar-refractivity contribution in [2.75, 3.05) is 25.7 Å². The van der Waals surface area contributed by atoms with Crippen LogP contribution in [0, 0.1) is 5.92 Å². The molecule has 3 aromatic carbocycles. The van der Waals surface area contributed by atoms with Crippen LogP contribution in [-0.4, -0.2) is 64.0 Å². The Morgan fingerprint density at radius 2 is 1.57 bits per heavy atom. The maximum Gasteiger partial charge on any atom is 0.259 e. The van der Waals surface area contributed by atoms with Gasteiger partial charge in [-0.2, -0.15) is 0 Å². The van der Waals surface area contributed by atoms with Gasteiger partial charge in [0.15, 0.2) is 23.2 Å². The highest BCUT2D eigenvalue weighted by Gasteiger charge is 2.63. The van der Waals surface area contributed by atoms with Crippen LogP contribution in [0.1, 0.15) is 40.6 Å². The third-order valence-corrected chi connectivity index (χ3v) is 8.91. The highest BCUT2D eigenvalue weighted by atomic mass is 16.6. The Balaban J connectivity index is 1.22. The number of aromatic nitrogens is 4. The molecule has 1 aliphatic carbocycles. The quantitative estimate of drug-likeness (QED) is 0.178. The monoisotopic (exact) mass is 619 g/mol. The summed E-state index contributed by atoms with van der Waals surface area (Å²) in [6.45, 7) is 1.19. The first-order chi connectivity index (χ1) is 22.6. The van der Waals surface area contributed by atoms with E-state index < -0.39 is 24.0 Å². The lowest BCUT2D eigenvalue weighted by molar-refractivity contribution is -0.167. The second-order valence-electron chi connectivity index (χ2n) is 11.9. The summed E-state index contributed by atoms with van der Waals surface area (Å²) in [4.78, 5) is 28.5. The Hall–Kier alpha value is -4.48. The van der Waals surface area contributed by atoms with Gasteiger partial charge in [-0.25, -0.2) is 15.0 Å². The number of amides is 1. The number of rotatable bonds is 12. The van der Waals surface area contributed by atoms with Gasteiger partial charge in [0.05, 0.1) is 26.1 Å². The van der Waals surface area contributed by atoms with Crippen molar-refractivity contribution in [3.8, 4) is 0 Å². The number of fused-ring (bicyclic) bond motifs is 1. The predicted octanol–water partition coefficient (Wildman–Crippen LogP) is 5.60. The van der Waals surface area contributed by atoms with Crippen LogP contribution >= 0.6 is 0 Å². The number of imidazole rings is 1. The minimum Gasteiger partial charge on any atom is -0.374 e. The summed E-state index contributed by atoms with van der Waals surface area (Å²) in [7, 11) is 3.37. The third kappa shape index (κ3) is 5.80. The fourth-order valence-corrected chi connectivity index (χ4v) is 6.42. The van der Waals surface area contributed by atoms with Crippen molar-refractivity contribution < 1.29 is 23.7 Å². The number of carbonyl (C=O) groups is 1. The van der Waals surface area contributed by atoms with E-state index in [1.807, 2.05) is 59.2 Å². The molecule has 2 aliphatic rings. The predicted molar refractivity (Wildman–Crippen MR) is 172 cm³/mol. The molecule has 3 heterocycles. The van der Waals surface area contributed by atoms with Crippen molar-refractivity contribution in [1.29, 1.82) is 0 Å². The Morgan fingerprint density at radius 1 is 0.913 bits per heavy atom. The molecule has 2 fully saturated rings. The lowest BCUT2D eigenvalue weighted by atomic mass is 9.90. The fraction of sp³-hybridized carbons (Fsp3) is 0.333. The van der Waals surface area contributed by atoms with Crippen LogP contribution in [0.15, 0.2) is 104 Å². The van der Waals surface area contributed by atoms with Gasteiger partial charge in [-0.1, -0.05) is 78.9 Å². The Labute approximate surface area is 267 Å². The molecule has 0 spiro atoms. The van der Waals surface area contributed by atoms with Gasteiger partial charge in [0, 0.05) is 19.7 Å². The highest BCUT2D eigenvalue weighted by Crippen LogP contribution is 2.53. The van der Waals surface area contributed by atoms with Crippen molar-refractivity contribution in [3.05, 3.63) is 120 Å². The maximum atomic E-state index is 13.3. The van der Waals surface area contributed by atoms with Gasteiger partial charge >= 0.3 is 0 Å². The Kier molecular flexibility index (Phi) is 8.59. The van der Waals surface area contributed by atoms with Gasteiger partial charge in [0.25, 0.3) is 5.91 Å². The molecular formula is C36H37N5O5. The van der Waals surface area contributed by atoms with Crippen LogP contribution in [0.4, 0.5) is 5.82 Å². The zero-order valence-electron chi connectivity index (χ0n) is 25.9. The van der Waals surface area contributed by atoms with E-state index in [0.29, 0.717) is 42.4 Å². The van der Waals surface area contributed by atoms with E-state index in [-0.39, 0.29) is 11.8 Å². The second-order valence-corrected chi connectivity index (χ2v) is 11.9. The van der Waals surface area contributed by atoms with Gasteiger partial charge in [0.2, 0.25) is 0 Å². The molecule has 1 aliphatic heterocycles. The molecule has 1 saturated heterocycles. The van der Waals surface area contributed by atoms with Gasteiger partial charge in [-0.15, -0.1) is 0 Å². The summed E-state index contributed by atoms with van der Waals surface area (Å²) < 4.78 is 28.3. The van der Waals surface area contributed by atoms with Crippen LogP contribution in [0.25, 0.3) is 11.2 Å². The molecule has 1 saturated carbocycles. The van der Waals surface area contributed by atoms with Crippen LogP contribution in [0.5, 0.6) is 0 Å². The Bertz CT molecular complexity index is 1770. The maximum absolute atomic E-state index is 13.3. The molecule has 5 aromatic rings. The molecule has 10 nitrogen and oxygen atoms in total. The summed E-state index contributed by atoms with van der Waals surface area (Å²) in [6, 6.07) is 29.3. The smallest absolute Gasteiger partial charge is 0.259 e. The molecule has 2 aromatic heterocycles. The topological polar surface area (TPSA) is 101 Å². The first-order valence-electron chi connectivity index (χ1n) is 15.6. The standard InChI is InChI=1S/C36H37N5O5/c1-40(34(42)27-16-10-5-11-17-27)32-29-33(38-23-37-32)41(24-39-29)35-30(43-2)31(45-21-26-14-8-4-9-15-26)36(46-35,28-18-19-28)22-44-20-25-12-6-3-7-13-25/h3-17,23-24,28,30-31,35H,18-22H2,1-2H3/t30?,31?,35?,36-/m1/s1. The fourth-order valence-electron chi connectivity index (χ4n) is 6.42. The molecule has 4 atom stereocenters. The molecule has 7 rings (SSSR count). The van der Waals surface area contributed by atoms with Crippen molar-refractivity contribution in [3.63, 3.8) is 0 Å². The summed E-state index contributed by atoms with van der Waals surface area (Å²) in [6.07, 6.45) is 3.59. The van der Waals surface area contributed by atoms with Crippen molar-refractivity contribution in [1.82, 2.24) is 19.5 Å². The number of methoxy groups -OCH3 is 1. The van der Waals surface area contributed by atoms with Crippen LogP contribution in [0.3, 0.4) is 0 Å². The number of nitrogens with zero attached hydrogens (tertiary/aromatic N) is 5. The van der Waals surface area contributed by atoms with Crippen LogP contribution in [0.2, 0.25) is 0 Å². The normalized spacial score (nSPS) is 22.7. The number of hydrogen-bond acceptors (Lipinski definition) is 8. The molecule has 1 amide bonds. The number of benzene rings is 3. The van der Waals surface area contributed by atoms with E-state index in [9.17, 15) is 4.79 Å². The molecule has 46 heavy (non-hydrogen) atoms. The van der Waals surface area contributed by atoms with E-state index >= 15 is 0 Å². The van der Waals surface area contributed by atoms with Crippen molar-refractivity contribution >= 4 is 22.9 Å². The average Bonchev–Trinajstić information content (AvgIpc) is 3.81. The average molecular weight is 620 g/mol. The van der Waals surface area contributed by atoms with Crippen LogP contribution in [-0.2, 0) is 32.2 Å². The summed E-state index contributed by atoms with van der Waals surface area (Å²) in [5, 5.41) is 0. The molecular weight excluding hydrogens is 582 g/mol. The molecule has 0 N–H and O–H groups in total. The third-order valence-electron chi connectivity index (χ3n) is 8.91. The second kappa shape index (κ2) is 13.1. The number of anilines is 1. The first-order valence-corrected chi connectivity index (χ1v) is 15.6. The van der Waals surface area contributed by atoms with E-state index in [1.165, 1.54) is 11.2 Å². The van der Waals surface area contributed by atoms with Crippen molar-refractivity contribution in [2.24, 2.45) is 5.92 Å². The number of ether oxygens (including phenoxy) is 4. The number of carbonyl (C=O) groups excluding carboxylic acids is 1. The molecule has 0 radical (unpaired) electrons. The van der Waals surface area contributed by atoms with E-state index in [0.717, 1.165) is 24.0 Å². The molecule has 0 bridgehead atoms. The zero-order chi connectivity index (χ0) is 31.5. The molecule has 10 heteroatoms. The lowest BCUT2D eigenvalue weighted by Gasteiger charge is -2.35. The summed E-state index contributed by atoms with van der Waals surface area (Å²) in [5.41, 5.74) is 2.96. The van der Waals surface area contributed by atoms with E-state index in [1.54, 1.807) is 32.6 Å². The summed E-state index contributed by atoms with van der Waals surface area (Å²) in [5.74, 6) is 0.446. The minimum absolute atomic E-state index is 0.195. The molecule has 236 valence electrons. The zero-order valence-corrected chi connectivity index (χ0v) is 25.9. The van der Waals surface area contributed by atoms with Crippen LogP contribution < -0.4 is 4.90 Å². The van der Waals surface area contributed by atoms with Gasteiger partial charge < -0.3 is 18.9 Å². The minimum atomic E-state index is -0.762. The first kappa shape index (κ1) is 30.2. The largest absolute Gasteiger partial charge is 0.374 e. The summed E-state index contributed by atoms with van der Waals surface area (Å²) >= 11 is 0. The lowest BCUT2D eigenvalue weighted by Crippen LogP contribution is -2.50. The van der Waals surface area contributed by atoms with Gasteiger partial charge in [0.1, 0.15) is 24.1 Å². The highest BCUT2D eigenvalue weighted by molar-refractivity contribution is 6.08. The van der Waals surface area contributed by atoms with Gasteiger partial charge in [-0.05, 0) is 42.0 Å². The molecule has 3 unspecified atom stereocenters. The van der Waals surface area contributed by atoms with Gasteiger partial charge in [-0.3, -0.25) is 14.3 Å². The van der Waals surface area contributed by atoms with E-state index in [4.69, 9.17) is 23.9 Å². The number of hydrogen-bond donors (Lipinski definition) is 0. The van der Waals surface area contributed by atoms with Crippen molar-refractivity contribution in [2.45, 2.75) is 50.1 Å². The van der Waals surface area contributed by atoms with E-state index in [2.05, 4.69) is 34.2 Å². The SMILES string of the molecule is COC1C(n2cnc3c(N(C)C(=O)c4ccccc4)ncnc32)O[C@](COCc2ccccc2)(C2CC2)C1OCc1ccccc1.